The third-order valence-electron chi connectivity index (χ3n) is 2.34. The van der Waals surface area contributed by atoms with E-state index in [4.69, 9.17) is 5.73 Å². The summed E-state index contributed by atoms with van der Waals surface area (Å²) in [5.41, 5.74) is 6.47. The zero-order valence-electron chi connectivity index (χ0n) is 9.12. The first kappa shape index (κ1) is 14.5. The van der Waals surface area contributed by atoms with E-state index in [9.17, 15) is 4.79 Å². The highest BCUT2D eigenvalue weighted by Crippen LogP contribution is 2.30. The van der Waals surface area contributed by atoms with Gasteiger partial charge in [-0.3, -0.25) is 9.89 Å². The number of hydrogen-bond donors (Lipinski definition) is 3. The van der Waals surface area contributed by atoms with Gasteiger partial charge in [-0.2, -0.15) is 0 Å². The Balaban J connectivity index is 0.00000144. The Morgan fingerprint density at radius 3 is 2.65 bits per heavy atom. The number of aromatic amines is 2. The fourth-order valence-electron chi connectivity index (χ4n) is 1.56. The first-order valence-electron chi connectivity index (χ1n) is 4.77. The monoisotopic (exact) mass is 337 g/mol. The first-order valence-corrected chi connectivity index (χ1v) is 6.44. The summed E-state index contributed by atoms with van der Waals surface area (Å²) in [6.45, 7) is 1.95. The third kappa shape index (κ3) is 3.45. The molecule has 0 aliphatic heterocycles. The lowest BCUT2D eigenvalue weighted by atomic mass is 9.95. The van der Waals surface area contributed by atoms with Gasteiger partial charge < -0.3 is 10.8 Å². The van der Waals surface area contributed by atoms with Crippen molar-refractivity contribution >= 4 is 39.7 Å². The molecule has 0 unspecified atom stereocenters. The van der Waals surface area contributed by atoms with Gasteiger partial charge in [0.25, 0.3) is 5.56 Å². The SMILES string of the molecule is C[C@](N)(Cc1cc(=O)[nH][nH]1)c1cc(Br)cs1.Cl. The highest BCUT2D eigenvalue weighted by Gasteiger charge is 2.24. The molecule has 0 amide bonds. The second-order valence-electron chi connectivity index (χ2n) is 4.01. The quantitative estimate of drug-likeness (QED) is 0.803. The van der Waals surface area contributed by atoms with Crippen LogP contribution in [-0.4, -0.2) is 10.2 Å². The second-order valence-corrected chi connectivity index (χ2v) is 5.83. The zero-order valence-corrected chi connectivity index (χ0v) is 12.3. The molecule has 2 aromatic heterocycles. The number of nitrogens with two attached hydrogens (primary N) is 1. The normalized spacial score (nSPS) is 14.1. The summed E-state index contributed by atoms with van der Waals surface area (Å²) in [4.78, 5) is 12.1. The maximum Gasteiger partial charge on any atom is 0.264 e. The van der Waals surface area contributed by atoms with Crippen molar-refractivity contribution in [1.82, 2.24) is 10.2 Å². The predicted molar refractivity (Wildman–Crippen MR) is 75.9 cm³/mol. The molecule has 17 heavy (non-hydrogen) atoms. The fraction of sp³-hybridized carbons (Fsp3) is 0.300. The van der Waals surface area contributed by atoms with Gasteiger partial charge in [0.2, 0.25) is 0 Å². The maximum absolute atomic E-state index is 11.0. The number of halogens is 2. The van der Waals surface area contributed by atoms with Gasteiger partial charge in [0.15, 0.2) is 0 Å². The standard InChI is InChI=1S/C10H12BrN3OS.ClH/c1-10(12,8-2-6(11)5-16-8)4-7-3-9(15)14-13-7;/h2-3,5H,4,12H2,1H3,(H2,13,14,15);1H/t10-;/m0./s1. The molecule has 0 fully saturated rings. The molecular formula is C10H13BrClN3OS. The molecule has 4 nitrogen and oxygen atoms in total. The van der Waals surface area contributed by atoms with Crippen LogP contribution < -0.4 is 11.3 Å². The van der Waals surface area contributed by atoms with Gasteiger partial charge in [-0.25, -0.2) is 0 Å². The van der Waals surface area contributed by atoms with Crippen molar-refractivity contribution in [2.75, 3.05) is 0 Å². The van der Waals surface area contributed by atoms with E-state index in [0.29, 0.717) is 6.42 Å². The summed E-state index contributed by atoms with van der Waals surface area (Å²) in [5.74, 6) is 0. The first-order chi connectivity index (χ1) is 7.47. The van der Waals surface area contributed by atoms with Crippen molar-refractivity contribution in [1.29, 1.82) is 0 Å². The molecule has 2 aromatic rings. The molecule has 7 heteroatoms. The van der Waals surface area contributed by atoms with E-state index in [1.807, 2.05) is 18.4 Å². The van der Waals surface area contributed by atoms with E-state index >= 15 is 0 Å². The number of thiophene rings is 1. The van der Waals surface area contributed by atoms with Crippen molar-refractivity contribution in [3.05, 3.63) is 42.9 Å². The summed E-state index contributed by atoms with van der Waals surface area (Å²) in [7, 11) is 0. The smallest absolute Gasteiger partial charge is 0.264 e. The second kappa shape index (κ2) is 5.39. The number of H-pyrrole nitrogens is 2. The topological polar surface area (TPSA) is 74.7 Å². The van der Waals surface area contributed by atoms with Crippen LogP contribution in [0.15, 0.2) is 26.8 Å². The van der Waals surface area contributed by atoms with Gasteiger partial charge in [0.1, 0.15) is 0 Å². The number of hydrogen-bond acceptors (Lipinski definition) is 3. The Morgan fingerprint density at radius 2 is 2.18 bits per heavy atom. The van der Waals surface area contributed by atoms with Crippen LogP contribution >= 0.6 is 39.7 Å². The van der Waals surface area contributed by atoms with Crippen molar-refractivity contribution < 1.29 is 0 Å². The van der Waals surface area contributed by atoms with Gasteiger partial charge >= 0.3 is 0 Å². The Bertz CT molecular complexity index is 545. The number of aromatic nitrogens is 2. The lowest BCUT2D eigenvalue weighted by molar-refractivity contribution is 0.495. The molecule has 2 heterocycles. The Hall–Kier alpha value is -0.560. The Labute approximate surface area is 117 Å². The van der Waals surface area contributed by atoms with Gasteiger partial charge in [-0.1, -0.05) is 0 Å². The Kier molecular flexibility index (Phi) is 4.60. The molecule has 0 aromatic carbocycles. The van der Waals surface area contributed by atoms with E-state index < -0.39 is 5.54 Å². The highest BCUT2D eigenvalue weighted by atomic mass is 79.9. The molecule has 0 saturated heterocycles. The van der Waals surface area contributed by atoms with Gasteiger partial charge in [0, 0.05) is 32.9 Å². The van der Waals surface area contributed by atoms with E-state index in [2.05, 4.69) is 26.1 Å². The van der Waals surface area contributed by atoms with E-state index in [1.165, 1.54) is 6.07 Å². The van der Waals surface area contributed by atoms with Gasteiger partial charge in [0.05, 0.1) is 5.54 Å². The minimum Gasteiger partial charge on any atom is -0.321 e. The lowest BCUT2D eigenvalue weighted by Gasteiger charge is -2.22. The molecule has 0 radical (unpaired) electrons. The average Bonchev–Trinajstić information content (AvgIpc) is 2.75. The molecule has 0 aliphatic rings. The maximum atomic E-state index is 11.0. The van der Waals surface area contributed by atoms with Crippen molar-refractivity contribution in [2.45, 2.75) is 18.9 Å². The van der Waals surface area contributed by atoms with Crippen LogP contribution in [0.1, 0.15) is 17.5 Å². The van der Waals surface area contributed by atoms with Crippen LogP contribution in [0, 0.1) is 0 Å². The summed E-state index contributed by atoms with van der Waals surface area (Å²) in [6, 6.07) is 3.54. The van der Waals surface area contributed by atoms with Crippen LogP contribution in [0.2, 0.25) is 0 Å². The van der Waals surface area contributed by atoms with Crippen LogP contribution in [0.5, 0.6) is 0 Å². The minimum absolute atomic E-state index is 0. The summed E-state index contributed by atoms with van der Waals surface area (Å²) in [5, 5.41) is 7.32. The molecule has 4 N–H and O–H groups in total. The largest absolute Gasteiger partial charge is 0.321 e. The summed E-state index contributed by atoms with van der Waals surface area (Å²) >= 11 is 5.01. The van der Waals surface area contributed by atoms with Crippen LogP contribution in [-0.2, 0) is 12.0 Å². The van der Waals surface area contributed by atoms with Crippen LogP contribution in [0.4, 0.5) is 0 Å². The lowest BCUT2D eigenvalue weighted by Crippen LogP contribution is -2.34. The Morgan fingerprint density at radius 1 is 1.47 bits per heavy atom. The van der Waals surface area contributed by atoms with Gasteiger partial charge in [-0.05, 0) is 28.9 Å². The van der Waals surface area contributed by atoms with Gasteiger partial charge in [-0.15, -0.1) is 23.7 Å². The summed E-state index contributed by atoms with van der Waals surface area (Å²) in [6.07, 6.45) is 0.596. The van der Waals surface area contributed by atoms with Crippen LogP contribution in [0.3, 0.4) is 0 Å². The number of rotatable bonds is 3. The number of nitrogens with one attached hydrogen (secondary N) is 2. The van der Waals surface area contributed by atoms with Crippen molar-refractivity contribution in [3.63, 3.8) is 0 Å². The van der Waals surface area contributed by atoms with Crippen molar-refractivity contribution in [3.8, 4) is 0 Å². The van der Waals surface area contributed by atoms with E-state index in [0.717, 1.165) is 15.0 Å². The molecular weight excluding hydrogens is 326 g/mol. The van der Waals surface area contributed by atoms with E-state index in [-0.39, 0.29) is 18.0 Å². The third-order valence-corrected chi connectivity index (χ3v) is 4.31. The molecule has 0 spiro atoms. The summed E-state index contributed by atoms with van der Waals surface area (Å²) < 4.78 is 1.03. The minimum atomic E-state index is -0.470. The van der Waals surface area contributed by atoms with Crippen molar-refractivity contribution in [2.24, 2.45) is 5.73 Å². The predicted octanol–water partition coefficient (Wildman–Crippen LogP) is 2.37. The molecule has 0 bridgehead atoms. The zero-order chi connectivity index (χ0) is 11.8. The van der Waals surface area contributed by atoms with Crippen LogP contribution in [0.25, 0.3) is 0 Å². The average molecular weight is 339 g/mol. The van der Waals surface area contributed by atoms with E-state index in [1.54, 1.807) is 11.3 Å². The molecule has 94 valence electrons. The molecule has 0 aliphatic carbocycles. The highest BCUT2D eigenvalue weighted by molar-refractivity contribution is 9.10. The molecule has 2 rings (SSSR count). The molecule has 1 atom stereocenters. The molecule has 0 saturated carbocycles. The fourth-order valence-corrected chi connectivity index (χ4v) is 3.07.